The smallest absolute Gasteiger partial charge is 0.149 e. The van der Waals surface area contributed by atoms with E-state index in [-0.39, 0.29) is 0 Å². The summed E-state index contributed by atoms with van der Waals surface area (Å²) >= 11 is 0. The van der Waals surface area contributed by atoms with Gasteiger partial charge in [-0.2, -0.15) is 0 Å². The summed E-state index contributed by atoms with van der Waals surface area (Å²) in [5, 5.41) is 6.75. The summed E-state index contributed by atoms with van der Waals surface area (Å²) in [6, 6.07) is 4.62. The van der Waals surface area contributed by atoms with Gasteiger partial charge in [-0.3, -0.25) is 0 Å². The molecule has 1 aromatic rings. The number of pyridine rings is 1. The minimum atomic E-state index is 0.503. The molecule has 1 unspecified atom stereocenters. The second-order valence-corrected chi connectivity index (χ2v) is 3.61. The topological polar surface area (TPSA) is 37.0 Å². The van der Waals surface area contributed by atoms with Crippen molar-refractivity contribution in [3.05, 3.63) is 17.8 Å². The molecule has 3 heteroatoms. The summed E-state index contributed by atoms with van der Waals surface area (Å²) < 4.78 is 0. The number of nitrogens with zero attached hydrogens (tertiary/aromatic N) is 1. The Hall–Kier alpha value is -1.25. The quantitative estimate of drug-likeness (QED) is 0.636. The van der Waals surface area contributed by atoms with E-state index < -0.39 is 0 Å². The van der Waals surface area contributed by atoms with E-state index in [4.69, 9.17) is 0 Å². The Labute approximate surface area is 78.6 Å². The van der Waals surface area contributed by atoms with Gasteiger partial charge in [0, 0.05) is 18.3 Å². The number of hydrogen-bond donors (Lipinski definition) is 2. The van der Waals surface area contributed by atoms with Gasteiger partial charge < -0.3 is 10.6 Å². The Balaban J connectivity index is 2.35. The van der Waals surface area contributed by atoms with Gasteiger partial charge in [-0.25, -0.2) is 4.98 Å². The Morgan fingerprint density at radius 3 is 3.15 bits per heavy atom. The van der Waals surface area contributed by atoms with E-state index in [0.717, 1.165) is 30.2 Å². The number of anilines is 2. The molecule has 2 rings (SSSR count). The van der Waals surface area contributed by atoms with Crippen LogP contribution in [0.25, 0.3) is 0 Å². The lowest BCUT2D eigenvalue weighted by Crippen LogP contribution is -2.15. The monoisotopic (exact) mass is 177 g/mol. The molecule has 0 saturated heterocycles. The zero-order valence-electron chi connectivity index (χ0n) is 8.09. The molecule has 0 spiro atoms. The number of aromatic nitrogens is 1. The molecule has 1 aromatic heterocycles. The van der Waals surface area contributed by atoms with Crippen LogP contribution >= 0.6 is 0 Å². The highest BCUT2D eigenvalue weighted by atomic mass is 15.1. The third-order valence-electron chi connectivity index (χ3n) is 2.31. The molecule has 0 saturated carbocycles. The first-order valence-electron chi connectivity index (χ1n) is 4.74. The predicted octanol–water partition coefficient (Wildman–Crippen LogP) is 2.01. The molecule has 13 heavy (non-hydrogen) atoms. The molecule has 1 aliphatic heterocycles. The highest BCUT2D eigenvalue weighted by Crippen LogP contribution is 2.23. The first-order valence-corrected chi connectivity index (χ1v) is 4.74. The maximum atomic E-state index is 4.45. The molecule has 0 amide bonds. The fourth-order valence-corrected chi connectivity index (χ4v) is 1.54. The average Bonchev–Trinajstić information content (AvgIpc) is 2.25. The van der Waals surface area contributed by atoms with Gasteiger partial charge in [0.25, 0.3) is 0 Å². The van der Waals surface area contributed by atoms with Crippen LogP contribution in [0, 0.1) is 6.92 Å². The summed E-state index contributed by atoms with van der Waals surface area (Å²) in [6.07, 6.45) is 1.13. The van der Waals surface area contributed by atoms with Crippen molar-refractivity contribution in [2.45, 2.75) is 26.3 Å². The van der Waals surface area contributed by atoms with Gasteiger partial charge in [0.15, 0.2) is 0 Å². The van der Waals surface area contributed by atoms with Crippen molar-refractivity contribution in [3.8, 4) is 0 Å². The molecule has 1 aliphatic rings. The number of hydrogen-bond acceptors (Lipinski definition) is 3. The molecule has 1 atom stereocenters. The van der Waals surface area contributed by atoms with Crippen LogP contribution in [0.1, 0.15) is 19.0 Å². The van der Waals surface area contributed by atoms with Crippen LogP contribution in [-0.4, -0.2) is 17.6 Å². The first-order chi connectivity index (χ1) is 6.25. The highest BCUT2D eigenvalue weighted by molar-refractivity contribution is 5.65. The van der Waals surface area contributed by atoms with Crippen molar-refractivity contribution in [3.63, 3.8) is 0 Å². The van der Waals surface area contributed by atoms with E-state index in [9.17, 15) is 0 Å². The van der Waals surface area contributed by atoms with Gasteiger partial charge in [0.05, 0.1) is 5.69 Å². The Morgan fingerprint density at radius 2 is 2.31 bits per heavy atom. The van der Waals surface area contributed by atoms with Gasteiger partial charge >= 0.3 is 0 Å². The van der Waals surface area contributed by atoms with Gasteiger partial charge in [-0.05, 0) is 32.4 Å². The molecular formula is C10H15N3. The number of nitrogens with one attached hydrogen (secondary N) is 2. The second-order valence-electron chi connectivity index (χ2n) is 3.61. The van der Waals surface area contributed by atoms with E-state index >= 15 is 0 Å². The zero-order valence-corrected chi connectivity index (χ0v) is 8.09. The summed E-state index contributed by atoms with van der Waals surface area (Å²) in [5.74, 6) is 0.991. The van der Waals surface area contributed by atoms with Crippen LogP contribution in [0.15, 0.2) is 12.1 Å². The largest absolute Gasteiger partial charge is 0.382 e. The lowest BCUT2D eigenvalue weighted by molar-refractivity contribution is 0.743. The van der Waals surface area contributed by atoms with E-state index in [1.165, 1.54) is 0 Å². The summed E-state index contributed by atoms with van der Waals surface area (Å²) in [7, 11) is 0. The standard InChI is InChI=1S/C10H15N3/c1-7-3-4-9-10(12-7)13-8(2)5-6-11-9/h3-4,8,11H,5-6H2,1-2H3,(H,12,13). The first kappa shape index (κ1) is 8.35. The molecule has 0 radical (unpaired) electrons. The lowest BCUT2D eigenvalue weighted by atomic mass is 10.2. The van der Waals surface area contributed by atoms with Crippen molar-refractivity contribution in [2.75, 3.05) is 17.2 Å². The van der Waals surface area contributed by atoms with E-state index in [1.54, 1.807) is 0 Å². The Morgan fingerprint density at radius 1 is 1.46 bits per heavy atom. The van der Waals surface area contributed by atoms with Crippen LogP contribution in [-0.2, 0) is 0 Å². The summed E-state index contributed by atoms with van der Waals surface area (Å²) in [6.45, 7) is 5.21. The van der Waals surface area contributed by atoms with Gasteiger partial charge in [-0.15, -0.1) is 0 Å². The van der Waals surface area contributed by atoms with E-state index in [2.05, 4.69) is 28.6 Å². The van der Waals surface area contributed by atoms with Crippen LogP contribution in [0.2, 0.25) is 0 Å². The molecule has 2 heterocycles. The minimum absolute atomic E-state index is 0.503. The van der Waals surface area contributed by atoms with Crippen LogP contribution in [0.5, 0.6) is 0 Å². The molecule has 70 valence electrons. The summed E-state index contributed by atoms with van der Waals surface area (Å²) in [4.78, 5) is 4.45. The Kier molecular flexibility index (Phi) is 2.08. The number of aryl methyl sites for hydroxylation is 1. The van der Waals surface area contributed by atoms with E-state index in [1.807, 2.05) is 13.0 Å². The Bertz CT molecular complexity index is 309. The van der Waals surface area contributed by atoms with Gasteiger partial charge in [-0.1, -0.05) is 0 Å². The molecule has 0 aliphatic carbocycles. The molecule has 0 aromatic carbocycles. The highest BCUT2D eigenvalue weighted by Gasteiger charge is 2.11. The van der Waals surface area contributed by atoms with Crippen molar-refractivity contribution in [2.24, 2.45) is 0 Å². The van der Waals surface area contributed by atoms with Crippen LogP contribution in [0.4, 0.5) is 11.5 Å². The molecule has 2 N–H and O–H groups in total. The minimum Gasteiger partial charge on any atom is -0.382 e. The maximum Gasteiger partial charge on any atom is 0.149 e. The number of fused-ring (bicyclic) bond motifs is 1. The fourth-order valence-electron chi connectivity index (χ4n) is 1.54. The lowest BCUT2D eigenvalue weighted by Gasteiger charge is -2.11. The second kappa shape index (κ2) is 3.24. The molecule has 0 bridgehead atoms. The predicted molar refractivity (Wildman–Crippen MR) is 55.2 cm³/mol. The zero-order chi connectivity index (χ0) is 9.26. The van der Waals surface area contributed by atoms with Crippen LogP contribution < -0.4 is 10.6 Å². The van der Waals surface area contributed by atoms with Gasteiger partial charge in [0.1, 0.15) is 5.82 Å². The molecule has 0 fully saturated rings. The SMILES string of the molecule is Cc1ccc2c(n1)NC(C)CCN2. The van der Waals surface area contributed by atoms with Gasteiger partial charge in [0.2, 0.25) is 0 Å². The summed E-state index contributed by atoms with van der Waals surface area (Å²) in [5.41, 5.74) is 2.18. The average molecular weight is 177 g/mol. The molecular weight excluding hydrogens is 162 g/mol. The van der Waals surface area contributed by atoms with Crippen molar-refractivity contribution < 1.29 is 0 Å². The number of rotatable bonds is 0. The normalized spacial score (nSPS) is 20.9. The van der Waals surface area contributed by atoms with Crippen LogP contribution in [0.3, 0.4) is 0 Å². The fraction of sp³-hybridized carbons (Fsp3) is 0.500. The van der Waals surface area contributed by atoms with Crippen molar-refractivity contribution >= 4 is 11.5 Å². The maximum absolute atomic E-state index is 4.45. The van der Waals surface area contributed by atoms with Crippen molar-refractivity contribution in [1.29, 1.82) is 0 Å². The third-order valence-corrected chi connectivity index (χ3v) is 2.31. The molecule has 3 nitrogen and oxygen atoms in total. The van der Waals surface area contributed by atoms with E-state index in [0.29, 0.717) is 6.04 Å². The van der Waals surface area contributed by atoms with Crippen molar-refractivity contribution in [1.82, 2.24) is 4.98 Å². The third kappa shape index (κ3) is 1.74.